The third-order valence-corrected chi connectivity index (χ3v) is 3.83. The molecule has 2 heteroatoms. The molecular weight excluding hydrogens is 232 g/mol. The third kappa shape index (κ3) is 3.02. The minimum absolute atomic E-state index is 0.465. The van der Waals surface area contributed by atoms with Gasteiger partial charge >= 0.3 is 0 Å². The largest absolute Gasteiger partial charge is 0.309 e. The van der Waals surface area contributed by atoms with Crippen LogP contribution in [-0.2, 0) is 12.8 Å². The molecule has 19 heavy (non-hydrogen) atoms. The van der Waals surface area contributed by atoms with Crippen molar-refractivity contribution in [2.24, 2.45) is 0 Å². The number of aryl methyl sites for hydroxylation is 2. The lowest BCUT2D eigenvalue weighted by atomic mass is 10.1. The molecule has 1 atom stereocenters. The zero-order chi connectivity index (χ0) is 12.9. The van der Waals surface area contributed by atoms with Gasteiger partial charge in [0.15, 0.2) is 0 Å². The highest BCUT2D eigenvalue weighted by atomic mass is 14.9. The van der Waals surface area contributed by atoms with Crippen LogP contribution in [0.1, 0.15) is 35.7 Å². The molecule has 0 saturated carbocycles. The van der Waals surface area contributed by atoms with Gasteiger partial charge < -0.3 is 5.32 Å². The van der Waals surface area contributed by atoms with Crippen LogP contribution in [0.15, 0.2) is 48.7 Å². The number of benzene rings is 1. The van der Waals surface area contributed by atoms with Crippen molar-refractivity contribution in [3.63, 3.8) is 0 Å². The van der Waals surface area contributed by atoms with Crippen molar-refractivity contribution >= 4 is 0 Å². The fraction of sp³-hybridized carbons (Fsp3) is 0.353. The summed E-state index contributed by atoms with van der Waals surface area (Å²) in [6, 6.07) is 15.4. The molecule has 0 spiro atoms. The number of pyridine rings is 1. The minimum Gasteiger partial charge on any atom is -0.309 e. The second-order valence-corrected chi connectivity index (χ2v) is 5.18. The minimum atomic E-state index is 0.465. The highest BCUT2D eigenvalue weighted by Gasteiger charge is 2.22. The van der Waals surface area contributed by atoms with Gasteiger partial charge in [-0.15, -0.1) is 0 Å². The molecule has 0 fully saturated rings. The standard InChI is InChI=1S/C17H20N2/c1-2-6-14(7-3-1)8-4-12-18-16-11-10-15-9-5-13-19-17(15)16/h1-3,5-7,9,13,16,18H,4,8,10-12H2. The summed E-state index contributed by atoms with van der Waals surface area (Å²) in [5.74, 6) is 0. The molecule has 3 rings (SSSR count). The summed E-state index contributed by atoms with van der Waals surface area (Å²) >= 11 is 0. The van der Waals surface area contributed by atoms with Crippen LogP contribution in [0.4, 0.5) is 0 Å². The number of fused-ring (bicyclic) bond motifs is 1. The van der Waals surface area contributed by atoms with Gasteiger partial charge in [-0.2, -0.15) is 0 Å². The first-order chi connectivity index (χ1) is 9.43. The van der Waals surface area contributed by atoms with Crippen LogP contribution in [0, 0.1) is 0 Å². The second kappa shape index (κ2) is 5.98. The van der Waals surface area contributed by atoms with Crippen LogP contribution >= 0.6 is 0 Å². The van der Waals surface area contributed by atoms with Gasteiger partial charge in [-0.3, -0.25) is 4.98 Å². The van der Waals surface area contributed by atoms with E-state index in [1.165, 1.54) is 36.1 Å². The third-order valence-electron chi connectivity index (χ3n) is 3.83. The van der Waals surface area contributed by atoms with Crippen LogP contribution in [0.2, 0.25) is 0 Å². The van der Waals surface area contributed by atoms with Gasteiger partial charge in [-0.25, -0.2) is 0 Å². The lowest BCUT2D eigenvalue weighted by Crippen LogP contribution is -2.21. The molecule has 0 amide bonds. The SMILES string of the molecule is c1ccc(CCCNC2CCc3cccnc32)cc1. The summed E-state index contributed by atoms with van der Waals surface area (Å²) in [6.45, 7) is 1.07. The molecule has 0 bridgehead atoms. The van der Waals surface area contributed by atoms with Gasteiger partial charge in [-0.05, 0) is 49.4 Å². The average molecular weight is 252 g/mol. The van der Waals surface area contributed by atoms with Gasteiger partial charge in [0.1, 0.15) is 0 Å². The van der Waals surface area contributed by atoms with E-state index in [2.05, 4.69) is 46.7 Å². The topological polar surface area (TPSA) is 24.9 Å². The van der Waals surface area contributed by atoms with Gasteiger partial charge in [0.05, 0.1) is 11.7 Å². The molecule has 1 unspecified atom stereocenters. The van der Waals surface area contributed by atoms with Crippen molar-refractivity contribution in [1.29, 1.82) is 0 Å². The fourth-order valence-corrected chi connectivity index (χ4v) is 2.82. The lowest BCUT2D eigenvalue weighted by Gasteiger charge is -2.12. The van der Waals surface area contributed by atoms with E-state index in [0.717, 1.165) is 13.0 Å². The van der Waals surface area contributed by atoms with E-state index in [-0.39, 0.29) is 0 Å². The van der Waals surface area contributed by atoms with Crippen LogP contribution < -0.4 is 5.32 Å². The normalized spacial score (nSPS) is 17.4. The monoisotopic (exact) mass is 252 g/mol. The summed E-state index contributed by atoms with van der Waals surface area (Å²) in [5, 5.41) is 3.65. The Bertz CT molecular complexity index is 522. The molecule has 0 aliphatic heterocycles. The smallest absolute Gasteiger partial charge is 0.0605 e. The van der Waals surface area contributed by atoms with Gasteiger partial charge in [0.2, 0.25) is 0 Å². The maximum Gasteiger partial charge on any atom is 0.0605 e. The molecule has 1 aromatic heterocycles. The highest BCUT2D eigenvalue weighted by Crippen LogP contribution is 2.28. The molecule has 98 valence electrons. The van der Waals surface area contributed by atoms with Crippen molar-refractivity contribution in [3.05, 3.63) is 65.5 Å². The predicted molar refractivity (Wildman–Crippen MR) is 78.1 cm³/mol. The van der Waals surface area contributed by atoms with Gasteiger partial charge in [-0.1, -0.05) is 36.4 Å². The van der Waals surface area contributed by atoms with Crippen LogP contribution in [0.3, 0.4) is 0 Å². The van der Waals surface area contributed by atoms with Gasteiger partial charge in [0.25, 0.3) is 0 Å². The van der Waals surface area contributed by atoms with E-state index < -0.39 is 0 Å². The number of hydrogen-bond donors (Lipinski definition) is 1. The second-order valence-electron chi connectivity index (χ2n) is 5.18. The first kappa shape index (κ1) is 12.4. The zero-order valence-electron chi connectivity index (χ0n) is 11.2. The maximum atomic E-state index is 4.52. The fourth-order valence-electron chi connectivity index (χ4n) is 2.82. The molecule has 1 heterocycles. The predicted octanol–water partition coefficient (Wildman–Crippen LogP) is 3.29. The van der Waals surface area contributed by atoms with E-state index >= 15 is 0 Å². The van der Waals surface area contributed by atoms with E-state index in [1.54, 1.807) is 0 Å². The van der Waals surface area contributed by atoms with Crippen LogP contribution in [-0.4, -0.2) is 11.5 Å². The Hall–Kier alpha value is -1.67. The Kier molecular flexibility index (Phi) is 3.89. The Morgan fingerprint density at radius 3 is 2.89 bits per heavy atom. The van der Waals surface area contributed by atoms with Crippen molar-refractivity contribution < 1.29 is 0 Å². The summed E-state index contributed by atoms with van der Waals surface area (Å²) < 4.78 is 0. The Balaban J connectivity index is 1.47. The van der Waals surface area contributed by atoms with Crippen molar-refractivity contribution in [1.82, 2.24) is 10.3 Å². The summed E-state index contributed by atoms with van der Waals surface area (Å²) in [4.78, 5) is 4.52. The number of nitrogens with zero attached hydrogens (tertiary/aromatic N) is 1. The molecule has 1 N–H and O–H groups in total. The number of nitrogens with one attached hydrogen (secondary N) is 1. The summed E-state index contributed by atoms with van der Waals surface area (Å²) in [5.41, 5.74) is 4.11. The van der Waals surface area contributed by atoms with Gasteiger partial charge in [0, 0.05) is 6.20 Å². The average Bonchev–Trinajstić information content (AvgIpc) is 2.88. The summed E-state index contributed by atoms with van der Waals surface area (Å²) in [7, 11) is 0. The first-order valence-electron chi connectivity index (χ1n) is 7.14. The molecule has 0 radical (unpaired) electrons. The maximum absolute atomic E-state index is 4.52. The zero-order valence-corrected chi connectivity index (χ0v) is 11.2. The Labute approximate surface area is 114 Å². The molecule has 2 aromatic rings. The highest BCUT2D eigenvalue weighted by molar-refractivity contribution is 5.27. The number of aromatic nitrogens is 1. The molecule has 0 saturated heterocycles. The van der Waals surface area contributed by atoms with Crippen molar-refractivity contribution in [2.75, 3.05) is 6.54 Å². The van der Waals surface area contributed by atoms with E-state index in [0.29, 0.717) is 6.04 Å². The Morgan fingerprint density at radius 2 is 2.00 bits per heavy atom. The van der Waals surface area contributed by atoms with Crippen LogP contribution in [0.25, 0.3) is 0 Å². The lowest BCUT2D eigenvalue weighted by molar-refractivity contribution is 0.512. The summed E-state index contributed by atoms with van der Waals surface area (Å²) in [6.07, 6.45) is 6.60. The number of hydrogen-bond acceptors (Lipinski definition) is 2. The molecule has 1 aliphatic rings. The molecule has 2 nitrogen and oxygen atoms in total. The van der Waals surface area contributed by atoms with E-state index in [4.69, 9.17) is 0 Å². The van der Waals surface area contributed by atoms with Crippen molar-refractivity contribution in [2.45, 2.75) is 31.7 Å². The quantitative estimate of drug-likeness (QED) is 0.826. The number of rotatable bonds is 5. The molecule has 1 aromatic carbocycles. The van der Waals surface area contributed by atoms with Crippen molar-refractivity contribution in [3.8, 4) is 0 Å². The first-order valence-corrected chi connectivity index (χ1v) is 7.14. The van der Waals surface area contributed by atoms with E-state index in [9.17, 15) is 0 Å². The molecule has 1 aliphatic carbocycles. The molecular formula is C17H20N2. The van der Waals surface area contributed by atoms with E-state index in [1.807, 2.05) is 12.3 Å². The van der Waals surface area contributed by atoms with Crippen LogP contribution in [0.5, 0.6) is 0 Å². The Morgan fingerprint density at radius 1 is 1.11 bits per heavy atom.